The molecule has 8 heteroatoms. The van der Waals surface area contributed by atoms with Crippen molar-refractivity contribution in [3.63, 3.8) is 0 Å². The molecule has 0 atom stereocenters. The Labute approximate surface area is 179 Å². The van der Waals surface area contributed by atoms with E-state index in [-0.39, 0.29) is 5.57 Å². The van der Waals surface area contributed by atoms with E-state index in [1.165, 1.54) is 6.08 Å². The van der Waals surface area contributed by atoms with E-state index in [9.17, 15) is 14.4 Å². The van der Waals surface area contributed by atoms with Gasteiger partial charge in [-0.15, -0.1) is 0 Å². The summed E-state index contributed by atoms with van der Waals surface area (Å²) in [6.07, 6.45) is 1.48. The first kappa shape index (κ1) is 20.3. The van der Waals surface area contributed by atoms with E-state index in [2.05, 4.69) is 37.2 Å². The third-order valence-electron chi connectivity index (χ3n) is 4.27. The first-order chi connectivity index (χ1) is 13.2. The summed E-state index contributed by atoms with van der Waals surface area (Å²) in [7, 11) is 3.83. The highest BCUT2D eigenvalue weighted by molar-refractivity contribution is 9.10. The predicted octanol–water partition coefficient (Wildman–Crippen LogP) is 4.25. The van der Waals surface area contributed by atoms with Crippen molar-refractivity contribution >= 4 is 67.2 Å². The summed E-state index contributed by atoms with van der Waals surface area (Å²) >= 11 is 6.88. The van der Waals surface area contributed by atoms with Gasteiger partial charge >= 0.3 is 6.03 Å². The molecule has 0 bridgehead atoms. The second-order valence-electron chi connectivity index (χ2n) is 6.50. The minimum atomic E-state index is -0.766. The van der Waals surface area contributed by atoms with Gasteiger partial charge in [0.1, 0.15) is 5.57 Å². The Morgan fingerprint density at radius 1 is 1.00 bits per heavy atom. The topological polar surface area (TPSA) is 69.7 Å². The Kier molecular flexibility index (Phi) is 5.71. The molecule has 0 aromatic heterocycles. The van der Waals surface area contributed by atoms with Gasteiger partial charge in [0, 0.05) is 23.0 Å². The zero-order valence-corrected chi connectivity index (χ0v) is 18.6. The van der Waals surface area contributed by atoms with E-state index in [4.69, 9.17) is 0 Å². The van der Waals surface area contributed by atoms with Crippen LogP contribution in [0.5, 0.6) is 0 Å². The van der Waals surface area contributed by atoms with Gasteiger partial charge in [0.2, 0.25) is 0 Å². The second kappa shape index (κ2) is 7.89. The summed E-state index contributed by atoms with van der Waals surface area (Å²) in [6, 6.07) is 9.83. The molecule has 1 aliphatic rings. The number of aryl methyl sites for hydroxylation is 1. The number of nitrogens with one attached hydrogen (secondary N) is 1. The van der Waals surface area contributed by atoms with Crippen molar-refractivity contribution in [1.29, 1.82) is 0 Å². The molecule has 3 rings (SSSR count). The number of barbiturate groups is 1. The van der Waals surface area contributed by atoms with Crippen molar-refractivity contribution in [3.8, 4) is 0 Å². The number of amides is 4. The number of hydrogen-bond acceptors (Lipinski definition) is 4. The molecule has 28 heavy (non-hydrogen) atoms. The zero-order valence-electron chi connectivity index (χ0n) is 15.4. The molecule has 1 saturated heterocycles. The van der Waals surface area contributed by atoms with E-state index < -0.39 is 17.8 Å². The van der Waals surface area contributed by atoms with Crippen molar-refractivity contribution in [2.75, 3.05) is 23.9 Å². The maximum Gasteiger partial charge on any atom is 0.335 e. The molecular weight excluding hydrogens is 490 g/mol. The maximum atomic E-state index is 13.0. The molecule has 4 amide bonds. The summed E-state index contributed by atoms with van der Waals surface area (Å²) in [5.41, 5.74) is 2.78. The molecule has 0 aliphatic carbocycles. The van der Waals surface area contributed by atoms with E-state index >= 15 is 0 Å². The van der Waals surface area contributed by atoms with Crippen LogP contribution in [0.15, 0.2) is 50.9 Å². The monoisotopic (exact) mass is 505 g/mol. The Hall–Kier alpha value is -2.45. The van der Waals surface area contributed by atoms with Crippen molar-refractivity contribution in [3.05, 3.63) is 62.0 Å². The lowest BCUT2D eigenvalue weighted by atomic mass is 10.1. The summed E-state index contributed by atoms with van der Waals surface area (Å²) in [6.45, 7) is 1.85. The van der Waals surface area contributed by atoms with Crippen LogP contribution >= 0.6 is 31.9 Å². The normalized spacial score (nSPS) is 15.8. The maximum absolute atomic E-state index is 13.0. The number of carbonyl (C=O) groups is 3. The van der Waals surface area contributed by atoms with E-state index in [0.29, 0.717) is 11.3 Å². The second-order valence-corrected chi connectivity index (χ2v) is 8.21. The smallest absolute Gasteiger partial charge is 0.335 e. The quantitative estimate of drug-likeness (QED) is 0.499. The fourth-order valence-electron chi connectivity index (χ4n) is 2.80. The Bertz CT molecular complexity index is 1030. The van der Waals surface area contributed by atoms with Crippen molar-refractivity contribution < 1.29 is 14.4 Å². The molecule has 0 unspecified atom stereocenters. The molecule has 0 spiro atoms. The Balaban J connectivity index is 2.01. The fraction of sp³-hybridized carbons (Fsp3) is 0.150. The number of benzene rings is 2. The summed E-state index contributed by atoms with van der Waals surface area (Å²) in [4.78, 5) is 40.5. The lowest BCUT2D eigenvalue weighted by molar-refractivity contribution is -0.122. The number of hydrogen-bond donors (Lipinski definition) is 1. The van der Waals surface area contributed by atoms with Crippen LogP contribution in [0, 0.1) is 6.92 Å². The highest BCUT2D eigenvalue weighted by Crippen LogP contribution is 2.29. The molecule has 1 heterocycles. The lowest BCUT2D eigenvalue weighted by Gasteiger charge is -2.26. The minimum Gasteiger partial charge on any atom is -0.377 e. The first-order valence-electron chi connectivity index (χ1n) is 8.33. The summed E-state index contributed by atoms with van der Waals surface area (Å²) in [5.74, 6) is -1.38. The number of nitrogens with zero attached hydrogens (tertiary/aromatic N) is 2. The van der Waals surface area contributed by atoms with Crippen LogP contribution in [0.1, 0.15) is 11.1 Å². The van der Waals surface area contributed by atoms with Gasteiger partial charge in [-0.1, -0.05) is 22.0 Å². The molecule has 2 aromatic rings. The summed E-state index contributed by atoms with van der Waals surface area (Å²) in [5, 5.41) is 2.23. The summed E-state index contributed by atoms with van der Waals surface area (Å²) < 4.78 is 1.69. The van der Waals surface area contributed by atoms with Crippen LogP contribution in [-0.2, 0) is 9.59 Å². The van der Waals surface area contributed by atoms with Crippen LogP contribution in [0.25, 0.3) is 6.08 Å². The van der Waals surface area contributed by atoms with Gasteiger partial charge in [0.25, 0.3) is 11.8 Å². The molecule has 0 saturated carbocycles. The number of urea groups is 1. The molecule has 0 radical (unpaired) electrons. The lowest BCUT2D eigenvalue weighted by Crippen LogP contribution is -2.54. The highest BCUT2D eigenvalue weighted by atomic mass is 79.9. The zero-order chi connectivity index (χ0) is 20.6. The first-order valence-corrected chi connectivity index (χ1v) is 9.92. The number of imide groups is 2. The average Bonchev–Trinajstić information content (AvgIpc) is 2.61. The highest BCUT2D eigenvalue weighted by Gasteiger charge is 2.36. The number of carbonyl (C=O) groups excluding carboxylic acids is 3. The van der Waals surface area contributed by atoms with Gasteiger partial charge in [0.15, 0.2) is 0 Å². The van der Waals surface area contributed by atoms with Crippen LogP contribution in [0.4, 0.5) is 16.2 Å². The predicted molar refractivity (Wildman–Crippen MR) is 116 cm³/mol. The van der Waals surface area contributed by atoms with E-state index in [1.807, 2.05) is 38.1 Å². The van der Waals surface area contributed by atoms with Crippen LogP contribution in [0.2, 0.25) is 0 Å². The molecule has 1 N–H and O–H groups in total. The number of anilines is 2. The van der Waals surface area contributed by atoms with Gasteiger partial charge in [-0.25, -0.2) is 9.69 Å². The average molecular weight is 507 g/mol. The van der Waals surface area contributed by atoms with Gasteiger partial charge in [0.05, 0.1) is 11.4 Å². The van der Waals surface area contributed by atoms with E-state index in [1.54, 1.807) is 24.3 Å². The van der Waals surface area contributed by atoms with Crippen molar-refractivity contribution in [1.82, 2.24) is 5.32 Å². The van der Waals surface area contributed by atoms with Crippen LogP contribution < -0.4 is 15.1 Å². The molecule has 144 valence electrons. The van der Waals surface area contributed by atoms with Crippen LogP contribution in [0.3, 0.4) is 0 Å². The molecule has 6 nitrogen and oxygen atoms in total. The Morgan fingerprint density at radius 3 is 2.32 bits per heavy atom. The van der Waals surface area contributed by atoms with E-state index in [0.717, 1.165) is 25.1 Å². The largest absolute Gasteiger partial charge is 0.377 e. The van der Waals surface area contributed by atoms with Crippen molar-refractivity contribution in [2.45, 2.75) is 6.92 Å². The number of halogens is 2. The third-order valence-corrected chi connectivity index (χ3v) is 5.79. The fourth-order valence-corrected chi connectivity index (χ4v) is 3.80. The van der Waals surface area contributed by atoms with Crippen molar-refractivity contribution in [2.24, 2.45) is 0 Å². The van der Waals surface area contributed by atoms with Gasteiger partial charge in [-0.05, 0) is 70.4 Å². The third kappa shape index (κ3) is 3.88. The molecule has 1 aliphatic heterocycles. The minimum absolute atomic E-state index is 0.107. The SMILES string of the molecule is Cc1cc(N2C(=O)NC(=O)/C(=C\c3ccc(N(C)C)c(Br)c3)C2=O)ccc1Br. The van der Waals surface area contributed by atoms with Gasteiger partial charge in [-0.3, -0.25) is 14.9 Å². The molecule has 2 aromatic carbocycles. The standard InChI is InChI=1S/C20H17Br2N3O3/c1-11-8-13(5-6-15(11)21)25-19(27)14(18(26)23-20(25)28)9-12-4-7-17(24(2)3)16(22)10-12/h4-10H,1-3H3,(H,23,26,28)/b14-9+. The molecular formula is C20H17Br2N3O3. The number of rotatable bonds is 3. The Morgan fingerprint density at radius 2 is 1.71 bits per heavy atom. The van der Waals surface area contributed by atoms with Gasteiger partial charge < -0.3 is 4.90 Å². The van der Waals surface area contributed by atoms with Crippen LogP contribution in [-0.4, -0.2) is 31.9 Å². The van der Waals surface area contributed by atoms with Gasteiger partial charge in [-0.2, -0.15) is 0 Å². The molecule has 1 fully saturated rings.